The lowest BCUT2D eigenvalue weighted by atomic mass is 9.91. The van der Waals surface area contributed by atoms with Crippen molar-refractivity contribution in [1.29, 1.82) is 0 Å². The number of nitrogen functional groups attached to an aromatic ring is 2. The summed E-state index contributed by atoms with van der Waals surface area (Å²) in [7, 11) is 0. The molecule has 0 radical (unpaired) electrons. The Bertz CT molecular complexity index is 435. The van der Waals surface area contributed by atoms with Gasteiger partial charge in [0, 0.05) is 5.92 Å². The Hall–Kier alpha value is -1.65. The lowest BCUT2D eigenvalue weighted by Crippen LogP contribution is -2.14. The smallest absolute Gasteiger partial charge is 0.225 e. The fourth-order valence-electron chi connectivity index (χ4n) is 3.02. The minimum Gasteiger partial charge on any atom is -0.368 e. The average molecular weight is 217 g/mol. The SMILES string of the molecule is CC1C2C=CC1C(c1nc(N)nc(N)n1)C2. The molecular formula is C11H15N5. The Labute approximate surface area is 94.0 Å². The lowest BCUT2D eigenvalue weighted by molar-refractivity contribution is 0.455. The Morgan fingerprint density at radius 3 is 2.31 bits per heavy atom. The molecule has 5 heteroatoms. The first-order valence-electron chi connectivity index (χ1n) is 5.60. The van der Waals surface area contributed by atoms with Gasteiger partial charge in [0.1, 0.15) is 5.82 Å². The predicted molar refractivity (Wildman–Crippen MR) is 61.3 cm³/mol. The van der Waals surface area contributed by atoms with E-state index < -0.39 is 0 Å². The van der Waals surface area contributed by atoms with Crippen molar-refractivity contribution in [1.82, 2.24) is 15.0 Å². The van der Waals surface area contributed by atoms with Gasteiger partial charge in [-0.3, -0.25) is 0 Å². The molecule has 4 atom stereocenters. The van der Waals surface area contributed by atoms with Crippen LogP contribution in [0, 0.1) is 17.8 Å². The molecule has 5 nitrogen and oxygen atoms in total. The number of fused-ring (bicyclic) bond motifs is 2. The van der Waals surface area contributed by atoms with Crippen LogP contribution in [0.5, 0.6) is 0 Å². The van der Waals surface area contributed by atoms with Crippen molar-refractivity contribution < 1.29 is 0 Å². The highest BCUT2D eigenvalue weighted by molar-refractivity contribution is 5.29. The van der Waals surface area contributed by atoms with E-state index in [0.717, 1.165) is 12.2 Å². The summed E-state index contributed by atoms with van der Waals surface area (Å²) in [6, 6.07) is 0. The molecule has 1 heterocycles. The maximum atomic E-state index is 5.60. The van der Waals surface area contributed by atoms with Crippen LogP contribution in [-0.4, -0.2) is 15.0 Å². The molecule has 0 aromatic carbocycles. The van der Waals surface area contributed by atoms with Crippen LogP contribution in [0.1, 0.15) is 25.1 Å². The molecular weight excluding hydrogens is 202 g/mol. The molecule has 0 spiro atoms. The molecule has 2 bridgehead atoms. The minimum atomic E-state index is 0.224. The van der Waals surface area contributed by atoms with Gasteiger partial charge in [0.15, 0.2) is 0 Å². The molecule has 1 saturated carbocycles. The summed E-state index contributed by atoms with van der Waals surface area (Å²) in [5, 5.41) is 0. The molecule has 1 fully saturated rings. The molecule has 1 aromatic rings. The average Bonchev–Trinajstić information content (AvgIpc) is 2.73. The number of hydrogen-bond acceptors (Lipinski definition) is 5. The topological polar surface area (TPSA) is 90.7 Å². The van der Waals surface area contributed by atoms with Crippen molar-refractivity contribution in [3.63, 3.8) is 0 Å². The summed E-state index contributed by atoms with van der Waals surface area (Å²) in [5.41, 5.74) is 11.2. The molecule has 2 aliphatic rings. The van der Waals surface area contributed by atoms with E-state index >= 15 is 0 Å². The molecule has 4 N–H and O–H groups in total. The quantitative estimate of drug-likeness (QED) is 0.684. The molecule has 1 aromatic heterocycles. The maximum Gasteiger partial charge on any atom is 0.225 e. The highest BCUT2D eigenvalue weighted by atomic mass is 15.1. The Kier molecular flexibility index (Phi) is 1.89. The van der Waals surface area contributed by atoms with Crippen molar-refractivity contribution in [3.05, 3.63) is 18.0 Å². The number of nitrogens with zero attached hydrogens (tertiary/aromatic N) is 3. The van der Waals surface area contributed by atoms with Gasteiger partial charge in [-0.1, -0.05) is 19.1 Å². The second-order valence-electron chi connectivity index (χ2n) is 4.74. The van der Waals surface area contributed by atoms with Crippen molar-refractivity contribution in [2.24, 2.45) is 17.8 Å². The molecule has 4 unspecified atom stereocenters. The van der Waals surface area contributed by atoms with Gasteiger partial charge in [0.25, 0.3) is 0 Å². The molecule has 0 aliphatic heterocycles. The van der Waals surface area contributed by atoms with Gasteiger partial charge in [0.2, 0.25) is 11.9 Å². The Morgan fingerprint density at radius 2 is 1.81 bits per heavy atom. The van der Waals surface area contributed by atoms with Crippen LogP contribution in [0.2, 0.25) is 0 Å². The van der Waals surface area contributed by atoms with Gasteiger partial charge in [0.05, 0.1) is 0 Å². The zero-order valence-corrected chi connectivity index (χ0v) is 9.17. The summed E-state index contributed by atoms with van der Waals surface area (Å²) < 4.78 is 0. The summed E-state index contributed by atoms with van der Waals surface area (Å²) >= 11 is 0. The molecule has 16 heavy (non-hydrogen) atoms. The van der Waals surface area contributed by atoms with E-state index in [9.17, 15) is 0 Å². The zero-order chi connectivity index (χ0) is 11.3. The van der Waals surface area contributed by atoms with E-state index in [1.54, 1.807) is 0 Å². The van der Waals surface area contributed by atoms with Crippen molar-refractivity contribution in [3.8, 4) is 0 Å². The van der Waals surface area contributed by atoms with Gasteiger partial charge in [-0.15, -0.1) is 0 Å². The first-order valence-corrected chi connectivity index (χ1v) is 5.60. The number of nitrogens with two attached hydrogens (primary N) is 2. The highest BCUT2D eigenvalue weighted by Gasteiger charge is 2.44. The number of rotatable bonds is 1. The van der Waals surface area contributed by atoms with E-state index in [2.05, 4.69) is 34.0 Å². The third kappa shape index (κ3) is 1.27. The number of aromatic nitrogens is 3. The van der Waals surface area contributed by atoms with Gasteiger partial charge >= 0.3 is 0 Å². The van der Waals surface area contributed by atoms with Crippen LogP contribution in [0.25, 0.3) is 0 Å². The monoisotopic (exact) mass is 217 g/mol. The lowest BCUT2D eigenvalue weighted by Gasteiger charge is -2.17. The second kappa shape index (κ2) is 3.17. The van der Waals surface area contributed by atoms with Crippen LogP contribution < -0.4 is 11.5 Å². The summed E-state index contributed by atoms with van der Waals surface area (Å²) in [6.07, 6.45) is 5.69. The molecule has 84 valence electrons. The van der Waals surface area contributed by atoms with Crippen LogP contribution >= 0.6 is 0 Å². The van der Waals surface area contributed by atoms with Crippen molar-refractivity contribution in [2.45, 2.75) is 19.3 Å². The normalized spacial score (nSPS) is 35.8. The first kappa shape index (κ1) is 9.57. The largest absolute Gasteiger partial charge is 0.368 e. The Balaban J connectivity index is 1.97. The minimum absolute atomic E-state index is 0.224. The second-order valence-corrected chi connectivity index (χ2v) is 4.74. The van der Waals surface area contributed by atoms with Crippen LogP contribution in [0.4, 0.5) is 11.9 Å². The predicted octanol–water partition coefficient (Wildman–Crippen LogP) is 0.962. The van der Waals surface area contributed by atoms with E-state index in [-0.39, 0.29) is 11.9 Å². The standard InChI is InChI=1S/C11H15N5/c1-5-6-2-3-7(5)8(4-6)9-14-10(12)16-11(13)15-9/h2-3,5-8H,4H2,1H3,(H4,12,13,14,15,16). The van der Waals surface area contributed by atoms with Gasteiger partial charge in [-0.05, 0) is 24.2 Å². The molecule has 2 aliphatic carbocycles. The van der Waals surface area contributed by atoms with E-state index in [1.807, 2.05) is 0 Å². The van der Waals surface area contributed by atoms with E-state index in [0.29, 0.717) is 23.7 Å². The third-order valence-electron chi connectivity index (χ3n) is 3.87. The third-order valence-corrected chi connectivity index (χ3v) is 3.87. The molecule has 0 amide bonds. The van der Waals surface area contributed by atoms with E-state index in [4.69, 9.17) is 11.5 Å². The number of allylic oxidation sites excluding steroid dienone is 2. The summed E-state index contributed by atoms with van der Waals surface area (Å²) in [6.45, 7) is 2.28. The fourth-order valence-corrected chi connectivity index (χ4v) is 3.02. The molecule has 0 saturated heterocycles. The van der Waals surface area contributed by atoms with Crippen LogP contribution in [0.15, 0.2) is 12.2 Å². The van der Waals surface area contributed by atoms with Gasteiger partial charge in [-0.2, -0.15) is 15.0 Å². The van der Waals surface area contributed by atoms with Crippen molar-refractivity contribution in [2.75, 3.05) is 11.5 Å². The Morgan fingerprint density at radius 1 is 1.12 bits per heavy atom. The number of anilines is 2. The fraction of sp³-hybridized carbons (Fsp3) is 0.545. The van der Waals surface area contributed by atoms with Gasteiger partial charge in [-0.25, -0.2) is 0 Å². The van der Waals surface area contributed by atoms with Gasteiger partial charge < -0.3 is 11.5 Å². The molecule has 3 rings (SSSR count). The highest BCUT2D eigenvalue weighted by Crippen LogP contribution is 2.51. The summed E-state index contributed by atoms with van der Waals surface area (Å²) in [5.74, 6) is 3.44. The van der Waals surface area contributed by atoms with Crippen molar-refractivity contribution >= 4 is 11.9 Å². The zero-order valence-electron chi connectivity index (χ0n) is 9.17. The summed E-state index contributed by atoms with van der Waals surface area (Å²) in [4.78, 5) is 12.2. The van der Waals surface area contributed by atoms with E-state index in [1.165, 1.54) is 0 Å². The van der Waals surface area contributed by atoms with Crippen LogP contribution in [0.3, 0.4) is 0 Å². The van der Waals surface area contributed by atoms with Crippen LogP contribution in [-0.2, 0) is 0 Å². The number of hydrogen-bond donors (Lipinski definition) is 2. The maximum absolute atomic E-state index is 5.60. The first-order chi connectivity index (χ1) is 7.65.